The molecule has 0 amide bonds. The van der Waals surface area contributed by atoms with Gasteiger partial charge in [0.2, 0.25) is 0 Å². The highest BCUT2D eigenvalue weighted by Crippen LogP contribution is 2.36. The van der Waals surface area contributed by atoms with Crippen molar-refractivity contribution in [2.24, 2.45) is 4.99 Å². The van der Waals surface area contributed by atoms with Crippen LogP contribution >= 0.6 is 0 Å². The summed E-state index contributed by atoms with van der Waals surface area (Å²) in [6, 6.07) is 8.12. The van der Waals surface area contributed by atoms with Gasteiger partial charge in [-0.25, -0.2) is 9.38 Å². The summed E-state index contributed by atoms with van der Waals surface area (Å²) >= 11 is 0. The van der Waals surface area contributed by atoms with Gasteiger partial charge in [0, 0.05) is 31.9 Å². The molecule has 2 aromatic carbocycles. The largest absolute Gasteiger partial charge is 0.454 e. The second-order valence-corrected chi connectivity index (χ2v) is 8.97. The Morgan fingerprint density at radius 3 is 2.46 bits per heavy atom. The van der Waals surface area contributed by atoms with Gasteiger partial charge in [-0.15, -0.1) is 0 Å². The number of nitrogens with zero attached hydrogens (tertiary/aromatic N) is 3. The van der Waals surface area contributed by atoms with Gasteiger partial charge in [-0.3, -0.25) is 0 Å². The summed E-state index contributed by atoms with van der Waals surface area (Å²) in [6.45, 7) is 7.45. The molecule has 2 heterocycles. The van der Waals surface area contributed by atoms with Crippen LogP contribution < -0.4 is 4.74 Å². The first-order valence-corrected chi connectivity index (χ1v) is 11.7. The average molecular weight is 488 g/mol. The quantitative estimate of drug-likeness (QED) is 0.408. The maximum Gasteiger partial charge on any atom is 0.416 e. The van der Waals surface area contributed by atoms with Crippen molar-refractivity contribution < 1.29 is 22.3 Å². The number of piperidine rings is 1. The van der Waals surface area contributed by atoms with Crippen LogP contribution in [0, 0.1) is 12.7 Å². The number of halogens is 4. The van der Waals surface area contributed by atoms with Crippen LogP contribution in [0.3, 0.4) is 0 Å². The van der Waals surface area contributed by atoms with E-state index in [0.717, 1.165) is 49.1 Å². The molecule has 4 nitrogen and oxygen atoms in total. The third-order valence-corrected chi connectivity index (χ3v) is 6.39. The lowest BCUT2D eigenvalue weighted by atomic mass is 10.0. The SMILES string of the molecule is C=C1N=C(CCc2ccc(Oc3ccc(C)c(C(F)(F)F)c3)c(F)c2)C=C(N2CCCCC2)N1C. The minimum absolute atomic E-state index is 0.0656. The fraction of sp³-hybridized carbons (Fsp3) is 0.370. The third-order valence-electron chi connectivity index (χ3n) is 6.39. The summed E-state index contributed by atoms with van der Waals surface area (Å²) < 4.78 is 59.6. The van der Waals surface area contributed by atoms with Gasteiger partial charge < -0.3 is 14.5 Å². The average Bonchev–Trinajstić information content (AvgIpc) is 2.82. The van der Waals surface area contributed by atoms with Crippen LogP contribution in [0.1, 0.15) is 42.4 Å². The second kappa shape index (κ2) is 10.1. The lowest BCUT2D eigenvalue weighted by Crippen LogP contribution is -2.38. The van der Waals surface area contributed by atoms with E-state index in [9.17, 15) is 17.6 Å². The number of ether oxygens (including phenoxy) is 1. The number of aryl methyl sites for hydroxylation is 2. The highest BCUT2D eigenvalue weighted by molar-refractivity contribution is 5.97. The Morgan fingerprint density at radius 1 is 1.03 bits per heavy atom. The molecule has 35 heavy (non-hydrogen) atoms. The van der Waals surface area contributed by atoms with Gasteiger partial charge in [-0.1, -0.05) is 18.7 Å². The third kappa shape index (κ3) is 5.86. The molecular formula is C27H29F4N3O. The zero-order valence-corrected chi connectivity index (χ0v) is 20.0. The molecule has 0 saturated carbocycles. The summed E-state index contributed by atoms with van der Waals surface area (Å²) in [5, 5.41) is 0. The monoisotopic (exact) mass is 487 g/mol. The van der Waals surface area contributed by atoms with Crippen molar-refractivity contribution in [3.05, 3.63) is 83.2 Å². The van der Waals surface area contributed by atoms with Crippen LogP contribution in [0.25, 0.3) is 0 Å². The van der Waals surface area contributed by atoms with Crippen LogP contribution in [0.15, 0.2) is 65.7 Å². The summed E-state index contributed by atoms with van der Waals surface area (Å²) in [6.07, 6.45) is 2.31. The van der Waals surface area contributed by atoms with Crippen molar-refractivity contribution in [2.45, 2.75) is 45.2 Å². The van der Waals surface area contributed by atoms with Crippen molar-refractivity contribution in [1.29, 1.82) is 0 Å². The second-order valence-electron chi connectivity index (χ2n) is 8.97. The molecule has 0 aliphatic carbocycles. The van der Waals surface area contributed by atoms with Crippen LogP contribution in [-0.4, -0.2) is 35.6 Å². The molecule has 186 valence electrons. The molecule has 4 rings (SSSR count). The highest BCUT2D eigenvalue weighted by Gasteiger charge is 2.32. The molecule has 0 unspecified atom stereocenters. The molecule has 1 fully saturated rings. The van der Waals surface area contributed by atoms with Crippen LogP contribution in [0.2, 0.25) is 0 Å². The van der Waals surface area contributed by atoms with E-state index in [-0.39, 0.29) is 17.1 Å². The molecule has 2 aromatic rings. The van der Waals surface area contributed by atoms with E-state index in [0.29, 0.717) is 18.7 Å². The first kappa shape index (κ1) is 24.8. The standard InChI is InChI=1S/C27H29F4N3O/c1-18-7-11-22(17-23(18)27(29,30)31)35-25-12-9-20(15-24(25)28)8-10-21-16-26(33(3)19(2)32-21)34-13-5-4-6-14-34/h7,9,11-12,15-17H,2,4-6,8,10,13-14H2,1,3H3. The summed E-state index contributed by atoms with van der Waals surface area (Å²) in [5.41, 5.74) is 0.908. The Hall–Kier alpha value is -3.29. The fourth-order valence-electron chi connectivity index (χ4n) is 4.36. The van der Waals surface area contributed by atoms with Gasteiger partial charge in [0.15, 0.2) is 11.6 Å². The number of allylic oxidation sites excluding steroid dienone is 1. The molecular weight excluding hydrogens is 458 g/mol. The smallest absolute Gasteiger partial charge is 0.416 e. The Morgan fingerprint density at radius 2 is 1.77 bits per heavy atom. The number of hydrogen-bond acceptors (Lipinski definition) is 4. The van der Waals surface area contributed by atoms with Gasteiger partial charge in [0.25, 0.3) is 0 Å². The molecule has 1 saturated heterocycles. The number of likely N-dealkylation sites (tertiary alicyclic amines) is 1. The Labute approximate surface area is 203 Å². The summed E-state index contributed by atoms with van der Waals surface area (Å²) in [4.78, 5) is 8.94. The number of rotatable bonds is 6. The van der Waals surface area contributed by atoms with Crippen molar-refractivity contribution in [3.63, 3.8) is 0 Å². The van der Waals surface area contributed by atoms with Crippen molar-refractivity contribution in [3.8, 4) is 11.5 Å². The first-order chi connectivity index (χ1) is 16.6. The van der Waals surface area contributed by atoms with E-state index < -0.39 is 17.6 Å². The zero-order valence-electron chi connectivity index (χ0n) is 20.0. The predicted octanol–water partition coefficient (Wildman–Crippen LogP) is 7.06. The molecule has 2 aliphatic heterocycles. The van der Waals surface area contributed by atoms with Gasteiger partial charge in [-0.2, -0.15) is 13.2 Å². The Kier molecular flexibility index (Phi) is 7.19. The van der Waals surface area contributed by atoms with E-state index in [1.165, 1.54) is 37.6 Å². The predicted molar refractivity (Wildman–Crippen MR) is 129 cm³/mol. The Bertz CT molecular complexity index is 1160. The number of benzene rings is 2. The van der Waals surface area contributed by atoms with E-state index >= 15 is 0 Å². The highest BCUT2D eigenvalue weighted by atomic mass is 19.4. The Balaban J connectivity index is 1.43. The normalized spacial score (nSPS) is 16.8. The van der Waals surface area contributed by atoms with Crippen molar-refractivity contribution in [2.75, 3.05) is 20.1 Å². The minimum Gasteiger partial charge on any atom is -0.454 e. The van der Waals surface area contributed by atoms with Gasteiger partial charge in [0.05, 0.1) is 5.56 Å². The lowest BCUT2D eigenvalue weighted by Gasteiger charge is -2.37. The van der Waals surface area contributed by atoms with Gasteiger partial charge >= 0.3 is 6.18 Å². The summed E-state index contributed by atoms with van der Waals surface area (Å²) in [5.74, 6) is 0.948. The maximum atomic E-state index is 14.7. The summed E-state index contributed by atoms with van der Waals surface area (Å²) in [7, 11) is 1.96. The molecule has 0 radical (unpaired) electrons. The van der Waals surface area contributed by atoms with Gasteiger partial charge in [-0.05, 0) is 74.4 Å². The topological polar surface area (TPSA) is 28.1 Å². The van der Waals surface area contributed by atoms with E-state index in [1.807, 2.05) is 11.9 Å². The molecule has 0 atom stereocenters. The number of alkyl halides is 3. The number of hydrogen-bond donors (Lipinski definition) is 0. The van der Waals surface area contributed by atoms with Crippen molar-refractivity contribution in [1.82, 2.24) is 9.80 Å². The molecule has 8 heteroatoms. The zero-order chi connectivity index (χ0) is 25.2. The van der Waals surface area contributed by atoms with Crippen molar-refractivity contribution >= 4 is 5.71 Å². The van der Waals surface area contributed by atoms with E-state index in [2.05, 4.69) is 22.5 Å². The van der Waals surface area contributed by atoms with E-state index in [1.54, 1.807) is 6.07 Å². The molecule has 0 spiro atoms. The van der Waals surface area contributed by atoms with Crippen LogP contribution in [-0.2, 0) is 12.6 Å². The fourth-order valence-corrected chi connectivity index (χ4v) is 4.36. The number of aliphatic imine (C=N–C) groups is 1. The molecule has 0 aromatic heterocycles. The maximum absolute atomic E-state index is 14.7. The minimum atomic E-state index is -4.50. The molecule has 2 aliphatic rings. The van der Waals surface area contributed by atoms with Crippen LogP contribution in [0.4, 0.5) is 17.6 Å². The van der Waals surface area contributed by atoms with Crippen LogP contribution in [0.5, 0.6) is 11.5 Å². The van der Waals surface area contributed by atoms with Gasteiger partial charge in [0.1, 0.15) is 17.4 Å². The molecule has 0 bridgehead atoms. The van der Waals surface area contributed by atoms with E-state index in [4.69, 9.17) is 4.74 Å². The molecule has 0 N–H and O–H groups in total. The first-order valence-electron chi connectivity index (χ1n) is 11.7. The lowest BCUT2D eigenvalue weighted by molar-refractivity contribution is -0.138.